The van der Waals surface area contributed by atoms with E-state index < -0.39 is 0 Å². The van der Waals surface area contributed by atoms with Crippen LogP contribution in [0.4, 0.5) is 0 Å². The fourth-order valence-corrected chi connectivity index (χ4v) is 2.66. The molecule has 2 atom stereocenters. The minimum atomic E-state index is 0.340. The third-order valence-corrected chi connectivity index (χ3v) is 3.60. The Balaban J connectivity index is 2.12. The topological polar surface area (TPSA) is 21.3 Å². The highest BCUT2D eigenvalue weighted by atomic mass is 16.5. The highest BCUT2D eigenvalue weighted by Gasteiger charge is 2.25. The molecule has 2 rings (SSSR count). The van der Waals surface area contributed by atoms with Gasteiger partial charge in [0.15, 0.2) is 0 Å². The van der Waals surface area contributed by atoms with Crippen molar-refractivity contribution in [3.05, 3.63) is 35.4 Å². The van der Waals surface area contributed by atoms with Crippen LogP contribution in [0.2, 0.25) is 0 Å². The lowest BCUT2D eigenvalue weighted by Crippen LogP contribution is -2.36. The average Bonchev–Trinajstić information content (AvgIpc) is 2.40. The van der Waals surface area contributed by atoms with Crippen LogP contribution in [0, 0.1) is 6.92 Å². The van der Waals surface area contributed by atoms with Crippen molar-refractivity contribution in [3.8, 4) is 0 Å². The van der Waals surface area contributed by atoms with Crippen molar-refractivity contribution in [1.82, 2.24) is 5.32 Å². The highest BCUT2D eigenvalue weighted by Crippen LogP contribution is 2.27. The van der Waals surface area contributed by atoms with Crippen LogP contribution in [0.5, 0.6) is 0 Å². The van der Waals surface area contributed by atoms with Gasteiger partial charge in [0.2, 0.25) is 0 Å². The van der Waals surface area contributed by atoms with Gasteiger partial charge in [-0.1, -0.05) is 36.8 Å². The molecule has 100 valence electrons. The highest BCUT2D eigenvalue weighted by molar-refractivity contribution is 5.26. The van der Waals surface area contributed by atoms with Gasteiger partial charge >= 0.3 is 0 Å². The molecule has 0 aromatic heterocycles. The molecule has 0 bridgehead atoms. The molecule has 0 saturated carbocycles. The fraction of sp³-hybridized carbons (Fsp3) is 0.625. The van der Waals surface area contributed by atoms with Gasteiger partial charge in [-0.2, -0.15) is 0 Å². The Hall–Kier alpha value is -0.860. The van der Waals surface area contributed by atoms with Gasteiger partial charge in [0.05, 0.1) is 12.1 Å². The standard InChI is InChI=1S/C16H25NO/c1-3-10-17-16(15-9-4-5-11-18-15)14-8-6-7-13(2)12-14/h6-8,12,15-17H,3-5,9-11H2,1-2H3. The van der Waals surface area contributed by atoms with Crippen LogP contribution < -0.4 is 5.32 Å². The molecular formula is C16H25NO. The second-order valence-electron chi connectivity index (χ2n) is 5.25. The van der Waals surface area contributed by atoms with E-state index in [1.54, 1.807) is 0 Å². The van der Waals surface area contributed by atoms with Crippen LogP contribution in [0.15, 0.2) is 24.3 Å². The van der Waals surface area contributed by atoms with E-state index in [1.165, 1.54) is 30.4 Å². The molecule has 1 fully saturated rings. The predicted molar refractivity (Wildman–Crippen MR) is 75.8 cm³/mol. The minimum absolute atomic E-state index is 0.340. The number of hydrogen-bond donors (Lipinski definition) is 1. The minimum Gasteiger partial charge on any atom is -0.376 e. The Morgan fingerprint density at radius 1 is 1.39 bits per heavy atom. The summed E-state index contributed by atoms with van der Waals surface area (Å²) in [5.74, 6) is 0. The largest absolute Gasteiger partial charge is 0.376 e. The zero-order chi connectivity index (χ0) is 12.8. The lowest BCUT2D eigenvalue weighted by molar-refractivity contribution is -0.00816. The summed E-state index contributed by atoms with van der Waals surface area (Å²) < 4.78 is 5.97. The Morgan fingerprint density at radius 2 is 2.28 bits per heavy atom. The second kappa shape index (κ2) is 6.91. The summed E-state index contributed by atoms with van der Waals surface area (Å²) in [6.07, 6.45) is 5.18. The lowest BCUT2D eigenvalue weighted by atomic mass is 9.94. The number of rotatable bonds is 5. The van der Waals surface area contributed by atoms with Crippen molar-refractivity contribution in [3.63, 3.8) is 0 Å². The van der Waals surface area contributed by atoms with Gasteiger partial charge in [0, 0.05) is 6.61 Å². The maximum atomic E-state index is 5.97. The van der Waals surface area contributed by atoms with Crippen LogP contribution in [0.3, 0.4) is 0 Å². The first kappa shape index (κ1) is 13.6. The molecule has 1 N–H and O–H groups in total. The van der Waals surface area contributed by atoms with Crippen LogP contribution in [-0.2, 0) is 4.74 Å². The van der Waals surface area contributed by atoms with Gasteiger partial charge in [-0.15, -0.1) is 0 Å². The first-order valence-electron chi connectivity index (χ1n) is 7.23. The van der Waals surface area contributed by atoms with Crippen molar-refractivity contribution in [1.29, 1.82) is 0 Å². The van der Waals surface area contributed by atoms with E-state index >= 15 is 0 Å². The molecule has 2 heteroatoms. The van der Waals surface area contributed by atoms with Crippen molar-refractivity contribution in [2.75, 3.05) is 13.2 Å². The summed E-state index contributed by atoms with van der Waals surface area (Å²) >= 11 is 0. The van der Waals surface area contributed by atoms with Crippen molar-refractivity contribution in [2.45, 2.75) is 51.7 Å². The van der Waals surface area contributed by atoms with E-state index in [0.29, 0.717) is 12.1 Å². The molecule has 2 nitrogen and oxygen atoms in total. The van der Waals surface area contributed by atoms with E-state index in [0.717, 1.165) is 19.6 Å². The SMILES string of the molecule is CCCNC(c1cccc(C)c1)C1CCCCO1. The van der Waals surface area contributed by atoms with Gasteiger partial charge in [0.25, 0.3) is 0 Å². The summed E-state index contributed by atoms with van der Waals surface area (Å²) in [5, 5.41) is 3.66. The molecule has 1 aromatic carbocycles. The van der Waals surface area contributed by atoms with Crippen LogP contribution in [0.25, 0.3) is 0 Å². The van der Waals surface area contributed by atoms with E-state index in [1.807, 2.05) is 0 Å². The molecule has 1 saturated heterocycles. The molecule has 0 spiro atoms. The van der Waals surface area contributed by atoms with E-state index in [9.17, 15) is 0 Å². The van der Waals surface area contributed by atoms with Crippen molar-refractivity contribution in [2.24, 2.45) is 0 Å². The number of nitrogens with one attached hydrogen (secondary N) is 1. The molecule has 0 amide bonds. The van der Waals surface area contributed by atoms with Gasteiger partial charge in [0.1, 0.15) is 0 Å². The van der Waals surface area contributed by atoms with Gasteiger partial charge in [-0.05, 0) is 44.7 Å². The predicted octanol–water partition coefficient (Wildman–Crippen LogP) is 3.60. The second-order valence-corrected chi connectivity index (χ2v) is 5.25. The third-order valence-electron chi connectivity index (χ3n) is 3.60. The summed E-state index contributed by atoms with van der Waals surface area (Å²) in [6, 6.07) is 9.16. The van der Waals surface area contributed by atoms with Crippen molar-refractivity contribution >= 4 is 0 Å². The fourth-order valence-electron chi connectivity index (χ4n) is 2.66. The molecule has 1 aromatic rings. The summed E-state index contributed by atoms with van der Waals surface area (Å²) in [7, 11) is 0. The van der Waals surface area contributed by atoms with Gasteiger partial charge in [-0.3, -0.25) is 0 Å². The molecule has 1 aliphatic heterocycles. The number of hydrogen-bond acceptors (Lipinski definition) is 2. The molecule has 18 heavy (non-hydrogen) atoms. The smallest absolute Gasteiger partial charge is 0.0769 e. The first-order chi connectivity index (χ1) is 8.81. The Labute approximate surface area is 111 Å². The Morgan fingerprint density at radius 3 is 2.94 bits per heavy atom. The normalized spacial score (nSPS) is 21.8. The zero-order valence-electron chi connectivity index (χ0n) is 11.6. The summed E-state index contributed by atoms with van der Waals surface area (Å²) in [5.41, 5.74) is 2.70. The lowest BCUT2D eigenvalue weighted by Gasteiger charge is -2.31. The average molecular weight is 247 g/mol. The van der Waals surface area contributed by atoms with Crippen molar-refractivity contribution < 1.29 is 4.74 Å². The quantitative estimate of drug-likeness (QED) is 0.858. The summed E-state index contributed by atoms with van der Waals surface area (Å²) in [6.45, 7) is 6.34. The molecule has 1 aliphatic rings. The van der Waals surface area contributed by atoms with E-state index in [-0.39, 0.29) is 0 Å². The molecule has 1 heterocycles. The van der Waals surface area contributed by atoms with Crippen LogP contribution in [-0.4, -0.2) is 19.3 Å². The maximum absolute atomic E-state index is 5.97. The van der Waals surface area contributed by atoms with Gasteiger partial charge in [-0.25, -0.2) is 0 Å². The van der Waals surface area contributed by atoms with E-state index in [2.05, 4.69) is 43.4 Å². The Bertz CT molecular complexity index is 358. The molecular weight excluding hydrogens is 222 g/mol. The zero-order valence-corrected chi connectivity index (χ0v) is 11.6. The first-order valence-corrected chi connectivity index (χ1v) is 7.23. The van der Waals surface area contributed by atoms with Crippen LogP contribution >= 0.6 is 0 Å². The monoisotopic (exact) mass is 247 g/mol. The molecule has 0 radical (unpaired) electrons. The molecule has 0 aliphatic carbocycles. The Kier molecular flexibility index (Phi) is 5.21. The third kappa shape index (κ3) is 3.56. The number of benzene rings is 1. The summed E-state index contributed by atoms with van der Waals surface area (Å²) in [4.78, 5) is 0. The number of ether oxygens (including phenoxy) is 1. The van der Waals surface area contributed by atoms with Gasteiger partial charge < -0.3 is 10.1 Å². The van der Waals surface area contributed by atoms with E-state index in [4.69, 9.17) is 4.74 Å². The van der Waals surface area contributed by atoms with Crippen LogP contribution in [0.1, 0.15) is 49.8 Å². The number of aryl methyl sites for hydroxylation is 1. The molecule has 2 unspecified atom stereocenters. The maximum Gasteiger partial charge on any atom is 0.0769 e.